The molecule has 2 nitrogen and oxygen atoms in total. The smallest absolute Gasteiger partial charge is 0.200 e. The molecule has 0 saturated heterocycles. The Morgan fingerprint density at radius 3 is 1.23 bits per heavy atom. The van der Waals surface area contributed by atoms with Crippen molar-refractivity contribution < 1.29 is 9.79 Å². The minimum Gasteiger partial charge on any atom is -0.347 e. The Hall–Kier alpha value is -2.77. The second-order valence-electron chi connectivity index (χ2n) is 11.8. The average Bonchev–Trinajstić information content (AvgIpc) is 2.91. The van der Waals surface area contributed by atoms with Gasteiger partial charge in [0, 0.05) is 10.9 Å². The molecule has 0 amide bonds. The molecule has 4 aromatic rings. The van der Waals surface area contributed by atoms with Crippen molar-refractivity contribution in [2.45, 2.75) is 79.1 Å². The van der Waals surface area contributed by atoms with Gasteiger partial charge in [0.1, 0.15) is 0 Å². The molecular formula is C36H43O2P. The van der Waals surface area contributed by atoms with E-state index >= 15 is 0 Å². The maximum absolute atomic E-state index is 10.9. The van der Waals surface area contributed by atoms with E-state index in [0.717, 1.165) is 27.8 Å². The second kappa shape index (κ2) is 12.2. The van der Waals surface area contributed by atoms with Crippen LogP contribution in [0.3, 0.4) is 0 Å². The Kier molecular flexibility index (Phi) is 9.12. The van der Waals surface area contributed by atoms with Gasteiger partial charge in [0.2, 0.25) is 0 Å². The standard InChI is InChI=1S/C36H43O2P/c1-22(2)27-16-12-17-28(23(3)4)33(27)35-31(26-14-10-9-11-15-26)20-21-32(39(37)38)36(35)34-29(24(5)6)18-13-19-30(34)25(7)8/h9-25,37-38H,1-8H3. The highest BCUT2D eigenvalue weighted by molar-refractivity contribution is 7.54. The Labute approximate surface area is 236 Å². The molecule has 2 N–H and O–H groups in total. The minimum absolute atomic E-state index is 0.272. The maximum Gasteiger partial charge on any atom is 0.200 e. The van der Waals surface area contributed by atoms with Gasteiger partial charge >= 0.3 is 0 Å². The first-order valence-electron chi connectivity index (χ1n) is 14.2. The minimum atomic E-state index is -2.34. The number of rotatable bonds is 8. The summed E-state index contributed by atoms with van der Waals surface area (Å²) in [5, 5.41) is 0.614. The summed E-state index contributed by atoms with van der Waals surface area (Å²) < 4.78 is 0. The predicted molar refractivity (Wildman–Crippen MR) is 170 cm³/mol. The van der Waals surface area contributed by atoms with Crippen molar-refractivity contribution in [3.05, 3.63) is 101 Å². The van der Waals surface area contributed by atoms with E-state index in [2.05, 4.69) is 122 Å². The van der Waals surface area contributed by atoms with E-state index in [1.807, 2.05) is 12.1 Å². The monoisotopic (exact) mass is 538 g/mol. The molecule has 39 heavy (non-hydrogen) atoms. The van der Waals surface area contributed by atoms with E-state index in [4.69, 9.17) is 0 Å². The van der Waals surface area contributed by atoms with Crippen LogP contribution in [0.25, 0.3) is 33.4 Å². The van der Waals surface area contributed by atoms with Crippen LogP contribution in [0, 0.1) is 0 Å². The lowest BCUT2D eigenvalue weighted by atomic mass is 9.76. The fraction of sp³-hybridized carbons (Fsp3) is 0.333. The molecule has 4 aromatic carbocycles. The molecule has 0 radical (unpaired) electrons. The van der Waals surface area contributed by atoms with Gasteiger partial charge in [0.25, 0.3) is 0 Å². The van der Waals surface area contributed by atoms with E-state index < -0.39 is 8.38 Å². The third kappa shape index (κ3) is 5.75. The summed E-state index contributed by atoms with van der Waals surface area (Å²) in [5.41, 5.74) is 11.7. The van der Waals surface area contributed by atoms with Crippen LogP contribution >= 0.6 is 8.38 Å². The fourth-order valence-corrected chi connectivity index (χ4v) is 6.44. The summed E-state index contributed by atoms with van der Waals surface area (Å²) in [6.07, 6.45) is 0. The number of benzene rings is 4. The number of hydrogen-bond donors (Lipinski definition) is 2. The van der Waals surface area contributed by atoms with Crippen LogP contribution in [0.15, 0.2) is 78.9 Å². The summed E-state index contributed by atoms with van der Waals surface area (Å²) in [6.45, 7) is 17.9. The molecule has 0 atom stereocenters. The van der Waals surface area contributed by atoms with E-state index in [0.29, 0.717) is 17.1 Å². The van der Waals surface area contributed by atoms with Crippen molar-refractivity contribution in [3.63, 3.8) is 0 Å². The Bertz CT molecular complexity index is 1380. The first-order valence-corrected chi connectivity index (χ1v) is 15.5. The SMILES string of the molecule is CC(C)c1cccc(C(C)C)c1-c1c(-c2ccccc2)ccc(P(O)O)c1-c1c(C(C)C)cccc1C(C)C. The molecule has 0 unspecified atom stereocenters. The van der Waals surface area contributed by atoms with Crippen molar-refractivity contribution in [1.82, 2.24) is 0 Å². The molecular weight excluding hydrogens is 495 g/mol. The van der Waals surface area contributed by atoms with Crippen molar-refractivity contribution >= 4 is 13.7 Å². The third-order valence-electron chi connectivity index (χ3n) is 7.73. The molecule has 0 heterocycles. The largest absolute Gasteiger partial charge is 0.347 e. The molecule has 4 rings (SSSR count). The Morgan fingerprint density at radius 1 is 0.436 bits per heavy atom. The zero-order chi connectivity index (χ0) is 28.4. The second-order valence-corrected chi connectivity index (χ2v) is 12.8. The molecule has 0 aliphatic carbocycles. The van der Waals surface area contributed by atoms with Crippen molar-refractivity contribution in [1.29, 1.82) is 0 Å². The summed E-state index contributed by atoms with van der Waals surface area (Å²) in [7, 11) is -2.34. The summed E-state index contributed by atoms with van der Waals surface area (Å²) in [4.78, 5) is 21.9. The summed E-state index contributed by atoms with van der Waals surface area (Å²) >= 11 is 0. The van der Waals surface area contributed by atoms with Gasteiger partial charge in [-0.05, 0) is 79.8 Å². The van der Waals surface area contributed by atoms with Crippen LogP contribution in [0.1, 0.15) is 101 Å². The lowest BCUT2D eigenvalue weighted by molar-refractivity contribution is 0.497. The van der Waals surface area contributed by atoms with Crippen LogP contribution in [0.4, 0.5) is 0 Å². The lowest BCUT2D eigenvalue weighted by Gasteiger charge is -2.29. The quantitative estimate of drug-likeness (QED) is 0.219. The first-order chi connectivity index (χ1) is 18.5. The van der Waals surface area contributed by atoms with Gasteiger partial charge in [-0.1, -0.05) is 128 Å². The van der Waals surface area contributed by atoms with Gasteiger partial charge in [-0.15, -0.1) is 0 Å². The van der Waals surface area contributed by atoms with Gasteiger partial charge in [-0.25, -0.2) is 0 Å². The van der Waals surface area contributed by atoms with Gasteiger partial charge in [0.15, 0.2) is 8.38 Å². The van der Waals surface area contributed by atoms with E-state index in [9.17, 15) is 9.79 Å². The molecule has 0 spiro atoms. The molecule has 0 aromatic heterocycles. The highest BCUT2D eigenvalue weighted by Crippen LogP contribution is 2.50. The molecule has 0 aliphatic rings. The van der Waals surface area contributed by atoms with E-state index in [1.165, 1.54) is 27.8 Å². The van der Waals surface area contributed by atoms with Crippen LogP contribution in [-0.4, -0.2) is 9.79 Å². The highest BCUT2D eigenvalue weighted by Gasteiger charge is 2.29. The highest BCUT2D eigenvalue weighted by atomic mass is 31.2. The van der Waals surface area contributed by atoms with Crippen molar-refractivity contribution in [2.24, 2.45) is 0 Å². The topological polar surface area (TPSA) is 40.5 Å². The van der Waals surface area contributed by atoms with E-state index in [-0.39, 0.29) is 11.8 Å². The lowest BCUT2D eigenvalue weighted by Crippen LogP contribution is -2.13. The summed E-state index contributed by atoms with van der Waals surface area (Å²) in [6, 6.07) is 27.8. The normalized spacial score (nSPS) is 12.0. The summed E-state index contributed by atoms with van der Waals surface area (Å²) in [5.74, 6) is 1.14. The molecule has 0 saturated carbocycles. The molecule has 0 fully saturated rings. The molecule has 3 heteroatoms. The molecule has 0 bridgehead atoms. The zero-order valence-electron chi connectivity index (χ0n) is 24.7. The number of hydrogen-bond acceptors (Lipinski definition) is 2. The zero-order valence-corrected chi connectivity index (χ0v) is 25.6. The van der Waals surface area contributed by atoms with Crippen LogP contribution < -0.4 is 5.30 Å². The fourth-order valence-electron chi connectivity index (χ4n) is 5.81. The molecule has 204 valence electrons. The average molecular weight is 539 g/mol. The van der Waals surface area contributed by atoms with Crippen molar-refractivity contribution in [3.8, 4) is 33.4 Å². The van der Waals surface area contributed by atoms with Gasteiger partial charge in [0.05, 0.1) is 0 Å². The van der Waals surface area contributed by atoms with E-state index in [1.54, 1.807) is 0 Å². The first kappa shape index (κ1) is 29.2. The van der Waals surface area contributed by atoms with Crippen LogP contribution in [-0.2, 0) is 0 Å². The van der Waals surface area contributed by atoms with Crippen LogP contribution in [0.2, 0.25) is 0 Å². The van der Waals surface area contributed by atoms with Crippen molar-refractivity contribution in [2.75, 3.05) is 0 Å². The van der Waals surface area contributed by atoms with Crippen LogP contribution in [0.5, 0.6) is 0 Å². The van der Waals surface area contributed by atoms with Gasteiger partial charge in [-0.2, -0.15) is 0 Å². The van der Waals surface area contributed by atoms with Gasteiger partial charge in [-0.3, -0.25) is 0 Å². The Balaban J connectivity index is 2.36. The predicted octanol–water partition coefficient (Wildman–Crippen LogP) is 10.1. The van der Waals surface area contributed by atoms with Gasteiger partial charge < -0.3 is 9.79 Å². The molecule has 0 aliphatic heterocycles. The third-order valence-corrected chi connectivity index (χ3v) is 8.53. The Morgan fingerprint density at radius 2 is 0.846 bits per heavy atom. The maximum atomic E-state index is 10.9.